The molecule has 76 valence electrons. The van der Waals surface area contributed by atoms with Gasteiger partial charge in [-0.2, -0.15) is 4.98 Å². The highest BCUT2D eigenvalue weighted by Gasteiger charge is 2.15. The molecule has 1 saturated heterocycles. The molecule has 0 aromatic carbocycles. The first-order valence-corrected chi connectivity index (χ1v) is 4.76. The van der Waals surface area contributed by atoms with Crippen LogP contribution in [-0.4, -0.2) is 29.2 Å². The maximum absolute atomic E-state index is 5.73. The molecule has 1 unspecified atom stereocenters. The third-order valence-electron chi connectivity index (χ3n) is 1.99. The maximum Gasteiger partial charge on any atom is 0.223 e. The summed E-state index contributed by atoms with van der Waals surface area (Å²) in [4.78, 5) is 7.78. The van der Waals surface area contributed by atoms with Crippen LogP contribution in [0.1, 0.15) is 6.42 Å². The van der Waals surface area contributed by atoms with Crippen molar-refractivity contribution in [2.75, 3.05) is 24.3 Å². The predicted octanol–water partition coefficient (Wildman–Crippen LogP) is 0.913. The zero-order valence-electron chi connectivity index (χ0n) is 7.53. The minimum absolute atomic E-state index is 0.180. The molecule has 14 heavy (non-hydrogen) atoms. The molecule has 1 atom stereocenters. The number of nitrogen functional groups attached to an aromatic ring is 1. The van der Waals surface area contributed by atoms with Crippen molar-refractivity contribution in [1.29, 1.82) is 0 Å². The summed E-state index contributed by atoms with van der Waals surface area (Å²) in [6.07, 6.45) is 0.974. The first-order valence-electron chi connectivity index (χ1n) is 4.38. The van der Waals surface area contributed by atoms with Crippen molar-refractivity contribution in [3.05, 3.63) is 11.2 Å². The van der Waals surface area contributed by atoms with Crippen molar-refractivity contribution in [2.24, 2.45) is 0 Å². The third-order valence-corrected chi connectivity index (χ3v) is 2.19. The maximum atomic E-state index is 5.73. The largest absolute Gasteiger partial charge is 0.379 e. The van der Waals surface area contributed by atoms with Crippen molar-refractivity contribution in [3.8, 4) is 0 Å². The molecule has 1 aromatic heterocycles. The number of rotatable bonds is 2. The summed E-state index contributed by atoms with van der Waals surface area (Å²) in [5.41, 5.74) is 5.46. The Balaban J connectivity index is 2.07. The summed E-state index contributed by atoms with van der Waals surface area (Å²) >= 11 is 5.73. The molecule has 5 nitrogen and oxygen atoms in total. The first-order chi connectivity index (χ1) is 6.74. The topological polar surface area (TPSA) is 73.1 Å². The fourth-order valence-corrected chi connectivity index (χ4v) is 1.56. The van der Waals surface area contributed by atoms with Gasteiger partial charge in [-0.15, -0.1) is 0 Å². The number of ether oxygens (including phenoxy) is 1. The van der Waals surface area contributed by atoms with Crippen LogP contribution >= 0.6 is 11.6 Å². The van der Waals surface area contributed by atoms with Crippen molar-refractivity contribution in [3.63, 3.8) is 0 Å². The summed E-state index contributed by atoms with van der Waals surface area (Å²) in [5, 5.41) is 3.53. The number of aromatic nitrogens is 2. The summed E-state index contributed by atoms with van der Waals surface area (Å²) in [6.45, 7) is 1.48. The summed E-state index contributed by atoms with van der Waals surface area (Å²) in [6, 6.07) is 1.94. The van der Waals surface area contributed by atoms with Crippen molar-refractivity contribution >= 4 is 23.4 Å². The number of hydrogen-bond acceptors (Lipinski definition) is 5. The molecule has 1 aliphatic rings. The van der Waals surface area contributed by atoms with Gasteiger partial charge in [-0.1, -0.05) is 11.6 Å². The zero-order chi connectivity index (χ0) is 9.97. The standard InChI is InChI=1S/C8H11ClN4O/c9-6-3-7(13-8(10)12-6)11-5-1-2-14-4-5/h3,5H,1-2,4H2,(H3,10,11,12,13). The van der Waals surface area contributed by atoms with E-state index in [1.807, 2.05) is 0 Å². The van der Waals surface area contributed by atoms with Crippen LogP contribution in [0.25, 0.3) is 0 Å². The fourth-order valence-electron chi connectivity index (χ4n) is 1.37. The highest BCUT2D eigenvalue weighted by Crippen LogP contribution is 2.15. The summed E-state index contributed by atoms with van der Waals surface area (Å²) in [5.74, 6) is 0.830. The molecule has 0 spiro atoms. The van der Waals surface area contributed by atoms with E-state index in [0.29, 0.717) is 23.6 Å². The Bertz CT molecular complexity index is 307. The van der Waals surface area contributed by atoms with E-state index in [1.165, 1.54) is 0 Å². The van der Waals surface area contributed by atoms with E-state index in [-0.39, 0.29) is 5.95 Å². The molecule has 0 amide bonds. The number of nitrogens with two attached hydrogens (primary N) is 1. The van der Waals surface area contributed by atoms with Crippen LogP contribution < -0.4 is 11.1 Å². The lowest BCUT2D eigenvalue weighted by atomic mass is 10.2. The fraction of sp³-hybridized carbons (Fsp3) is 0.500. The van der Waals surface area contributed by atoms with E-state index in [2.05, 4.69) is 15.3 Å². The number of nitrogens with one attached hydrogen (secondary N) is 1. The van der Waals surface area contributed by atoms with Crippen molar-refractivity contribution in [1.82, 2.24) is 9.97 Å². The Kier molecular flexibility index (Phi) is 2.69. The van der Waals surface area contributed by atoms with Gasteiger partial charge in [0.1, 0.15) is 11.0 Å². The minimum atomic E-state index is 0.180. The van der Waals surface area contributed by atoms with Gasteiger partial charge < -0.3 is 15.8 Å². The molecule has 3 N–H and O–H groups in total. The van der Waals surface area contributed by atoms with Gasteiger partial charge in [0.2, 0.25) is 5.95 Å². The van der Waals surface area contributed by atoms with E-state index in [1.54, 1.807) is 6.07 Å². The number of anilines is 2. The van der Waals surface area contributed by atoms with Crippen LogP contribution in [0.5, 0.6) is 0 Å². The van der Waals surface area contributed by atoms with Crippen LogP contribution in [0, 0.1) is 0 Å². The van der Waals surface area contributed by atoms with Crippen LogP contribution in [-0.2, 0) is 4.74 Å². The molecule has 0 saturated carbocycles. The minimum Gasteiger partial charge on any atom is -0.379 e. The number of halogens is 1. The molecular weight excluding hydrogens is 204 g/mol. The molecule has 2 heterocycles. The lowest BCUT2D eigenvalue weighted by Crippen LogP contribution is -2.20. The van der Waals surface area contributed by atoms with Gasteiger partial charge in [-0.25, -0.2) is 4.98 Å². The molecule has 1 aliphatic heterocycles. The smallest absolute Gasteiger partial charge is 0.223 e. The van der Waals surface area contributed by atoms with Crippen LogP contribution in [0.2, 0.25) is 5.15 Å². The average molecular weight is 215 g/mol. The van der Waals surface area contributed by atoms with Gasteiger partial charge in [0.05, 0.1) is 12.6 Å². The molecule has 0 radical (unpaired) electrons. The highest BCUT2D eigenvalue weighted by molar-refractivity contribution is 6.29. The van der Waals surface area contributed by atoms with Gasteiger partial charge >= 0.3 is 0 Å². The molecular formula is C8H11ClN4O. The van der Waals surface area contributed by atoms with Crippen molar-refractivity contribution < 1.29 is 4.74 Å². The monoisotopic (exact) mass is 214 g/mol. The summed E-state index contributed by atoms with van der Waals surface area (Å²) < 4.78 is 5.22. The van der Waals surface area contributed by atoms with E-state index >= 15 is 0 Å². The molecule has 1 fully saturated rings. The molecule has 0 bridgehead atoms. The Labute approximate surface area is 86.6 Å². The van der Waals surface area contributed by atoms with Gasteiger partial charge in [0.25, 0.3) is 0 Å². The normalized spacial score (nSPS) is 21.1. The Morgan fingerprint density at radius 1 is 1.57 bits per heavy atom. The van der Waals surface area contributed by atoms with Gasteiger partial charge in [-0.05, 0) is 6.42 Å². The molecule has 1 aromatic rings. The van der Waals surface area contributed by atoms with E-state index in [0.717, 1.165) is 13.0 Å². The lowest BCUT2D eigenvalue weighted by Gasteiger charge is -2.11. The Morgan fingerprint density at radius 2 is 2.43 bits per heavy atom. The van der Waals surface area contributed by atoms with Gasteiger partial charge in [0, 0.05) is 12.7 Å². The third kappa shape index (κ3) is 2.24. The van der Waals surface area contributed by atoms with Crippen molar-refractivity contribution in [2.45, 2.75) is 12.5 Å². The second-order valence-electron chi connectivity index (χ2n) is 3.14. The highest BCUT2D eigenvalue weighted by atomic mass is 35.5. The Hall–Kier alpha value is -1.07. The molecule has 2 rings (SSSR count). The first kappa shape index (κ1) is 9.48. The second kappa shape index (κ2) is 3.98. The average Bonchev–Trinajstić information content (AvgIpc) is 2.54. The molecule has 6 heteroatoms. The predicted molar refractivity (Wildman–Crippen MR) is 54.3 cm³/mol. The van der Waals surface area contributed by atoms with Gasteiger partial charge in [-0.3, -0.25) is 0 Å². The SMILES string of the molecule is Nc1nc(Cl)cc(NC2CCOC2)n1. The molecule has 0 aliphatic carbocycles. The van der Waals surface area contributed by atoms with E-state index < -0.39 is 0 Å². The van der Waals surface area contributed by atoms with E-state index in [9.17, 15) is 0 Å². The lowest BCUT2D eigenvalue weighted by molar-refractivity contribution is 0.195. The quantitative estimate of drug-likeness (QED) is 0.716. The zero-order valence-corrected chi connectivity index (χ0v) is 8.29. The van der Waals surface area contributed by atoms with Gasteiger partial charge in [0.15, 0.2) is 0 Å². The van der Waals surface area contributed by atoms with Crippen LogP contribution in [0.15, 0.2) is 6.07 Å². The van der Waals surface area contributed by atoms with Crippen LogP contribution in [0.4, 0.5) is 11.8 Å². The number of nitrogens with zero attached hydrogens (tertiary/aromatic N) is 2. The summed E-state index contributed by atoms with van der Waals surface area (Å²) in [7, 11) is 0. The van der Waals surface area contributed by atoms with E-state index in [4.69, 9.17) is 22.1 Å². The second-order valence-corrected chi connectivity index (χ2v) is 3.53. The number of hydrogen-bond donors (Lipinski definition) is 2. The Morgan fingerprint density at radius 3 is 3.07 bits per heavy atom. The van der Waals surface area contributed by atoms with Crippen LogP contribution in [0.3, 0.4) is 0 Å².